The summed E-state index contributed by atoms with van der Waals surface area (Å²) in [6.07, 6.45) is -0.167. The van der Waals surface area contributed by atoms with Gasteiger partial charge in [-0.2, -0.15) is 0 Å². The van der Waals surface area contributed by atoms with Gasteiger partial charge in [0.2, 0.25) is 0 Å². The third-order valence-electron chi connectivity index (χ3n) is 0. The average molecular weight is 294 g/mol. The molecule has 0 bridgehead atoms. The van der Waals surface area contributed by atoms with E-state index in [1.54, 1.807) is 6.92 Å². The third kappa shape index (κ3) is 1110. The van der Waals surface area contributed by atoms with E-state index in [0.29, 0.717) is 0 Å². The molecule has 0 aliphatic rings. The molecule has 0 heterocycles. The summed E-state index contributed by atoms with van der Waals surface area (Å²) >= 11 is 0. The zero-order chi connectivity index (χ0) is 8.08. The molecule has 0 aromatic heterocycles. The molecule has 0 amide bonds. The Morgan fingerprint density at radius 3 is 1.17 bits per heavy atom. The van der Waals surface area contributed by atoms with Crippen molar-refractivity contribution < 1.29 is 37.0 Å². The molecule has 0 rings (SSSR count). The van der Waals surface area contributed by atoms with Crippen molar-refractivity contribution >= 4 is 35.2 Å². The Balaban J connectivity index is -0.0000000221. The Hall–Kier alpha value is 0.993. The van der Waals surface area contributed by atoms with Crippen LogP contribution in [0.3, 0.4) is 0 Å². The first-order valence-corrected chi connectivity index (χ1v) is 3.24. The van der Waals surface area contributed by atoms with Crippen LogP contribution in [0.2, 0.25) is 0 Å². The number of hydrogen-bond acceptors (Lipinski definition) is 6. The minimum Gasteiger partial charge on any atom is -0.759 e. The Kier molecular flexibility index (Phi) is 35.4. The molecule has 0 aromatic carbocycles. The van der Waals surface area contributed by atoms with Gasteiger partial charge in [0.1, 0.15) is 0 Å². The monoisotopic (exact) mass is 292 g/mol. The summed E-state index contributed by atoms with van der Waals surface area (Å²) < 4.78 is 34.1. The van der Waals surface area contributed by atoms with Crippen molar-refractivity contribution in [3.63, 3.8) is 0 Å². The molecule has 0 saturated heterocycles. The Bertz CT molecular complexity index is 140. The summed E-state index contributed by atoms with van der Waals surface area (Å²) in [6.45, 7) is 1.72. The summed E-state index contributed by atoms with van der Waals surface area (Å²) in [5.41, 5.74) is 9.78. The molecule has 0 spiro atoms. The van der Waals surface area contributed by atoms with Crippen molar-refractivity contribution in [1.29, 1.82) is 0 Å². The summed E-state index contributed by atoms with van der Waals surface area (Å²) in [7, 11) is -5.17. The van der Waals surface area contributed by atoms with Crippen LogP contribution in [-0.2, 0) is 29.9 Å². The first kappa shape index (κ1) is 29.3. The van der Waals surface area contributed by atoms with E-state index >= 15 is 0 Å². The van der Waals surface area contributed by atoms with E-state index < -0.39 is 10.4 Å². The molecular formula is C2H10Cl2N2O4SZn. The molecule has 0 fully saturated rings. The van der Waals surface area contributed by atoms with E-state index in [1.807, 2.05) is 0 Å². The fourth-order valence-corrected chi connectivity index (χ4v) is 0. The molecule has 0 aliphatic heterocycles. The van der Waals surface area contributed by atoms with Crippen molar-refractivity contribution in [3.8, 4) is 0 Å². The van der Waals surface area contributed by atoms with E-state index in [-0.39, 0.29) is 50.5 Å². The van der Waals surface area contributed by atoms with Crippen LogP contribution in [0.1, 0.15) is 6.92 Å². The van der Waals surface area contributed by atoms with Crippen molar-refractivity contribution in [2.24, 2.45) is 11.5 Å². The third-order valence-corrected chi connectivity index (χ3v) is 0. The standard InChI is InChI=1S/C2H8N2.2ClH.H2O4S.Zn/c1-2(3)4;;;1-5(2,3)4;/h2H,3-4H2,1H3;2*1H;(H2,1,2,3,4);/q;;;;+2/p-2. The van der Waals surface area contributed by atoms with Crippen LogP contribution < -0.4 is 11.5 Å². The number of nitrogens with two attached hydrogens (primary N) is 2. The van der Waals surface area contributed by atoms with Crippen molar-refractivity contribution in [1.82, 2.24) is 0 Å². The summed E-state index contributed by atoms with van der Waals surface area (Å²) in [4.78, 5) is 0. The number of halogens is 2. The minimum atomic E-state index is -5.17. The Labute approximate surface area is 96.6 Å². The number of hydrogen-bond donors (Lipinski definition) is 2. The van der Waals surface area contributed by atoms with E-state index in [0.717, 1.165) is 0 Å². The maximum Gasteiger partial charge on any atom is 2.00 e. The maximum atomic E-state index is 8.52. The van der Waals surface area contributed by atoms with Gasteiger partial charge in [-0.25, -0.2) is 0 Å². The SMILES string of the molecule is CC(N)N.Cl.Cl.O=S(=O)([O-])[O-].[Zn+2]. The zero-order valence-corrected chi connectivity index (χ0v) is 11.7. The molecule has 0 saturated carbocycles. The van der Waals surface area contributed by atoms with Gasteiger partial charge in [-0.3, -0.25) is 8.42 Å². The second-order valence-corrected chi connectivity index (χ2v) is 2.08. The molecule has 0 unspecified atom stereocenters. The first-order valence-electron chi connectivity index (χ1n) is 1.91. The van der Waals surface area contributed by atoms with E-state index in [2.05, 4.69) is 0 Å². The van der Waals surface area contributed by atoms with Crippen LogP contribution >= 0.6 is 24.8 Å². The van der Waals surface area contributed by atoms with Gasteiger partial charge < -0.3 is 20.6 Å². The van der Waals surface area contributed by atoms with Gasteiger partial charge in [0.25, 0.3) is 0 Å². The molecule has 10 heteroatoms. The van der Waals surface area contributed by atoms with Gasteiger partial charge in [0.05, 0.1) is 0 Å². The minimum absolute atomic E-state index is 0. The van der Waals surface area contributed by atoms with Crippen LogP contribution in [0.4, 0.5) is 0 Å². The molecule has 0 aromatic rings. The Morgan fingerprint density at radius 1 is 1.17 bits per heavy atom. The van der Waals surface area contributed by atoms with Crippen LogP contribution in [-0.4, -0.2) is 23.7 Å². The number of rotatable bonds is 0. The topological polar surface area (TPSA) is 132 Å². The fraction of sp³-hybridized carbons (Fsp3) is 1.00. The van der Waals surface area contributed by atoms with Crippen molar-refractivity contribution in [2.75, 3.05) is 0 Å². The van der Waals surface area contributed by atoms with Gasteiger partial charge in [0, 0.05) is 16.6 Å². The normalized spacial score (nSPS) is 7.83. The largest absolute Gasteiger partial charge is 2.00 e. The molecule has 4 N–H and O–H groups in total. The summed E-state index contributed by atoms with van der Waals surface area (Å²) in [5.74, 6) is 0. The predicted molar refractivity (Wildman–Crippen MR) is 42.8 cm³/mol. The first-order chi connectivity index (χ1) is 3.73. The summed E-state index contributed by atoms with van der Waals surface area (Å²) in [6, 6.07) is 0. The van der Waals surface area contributed by atoms with E-state index in [1.165, 1.54) is 0 Å². The molecule has 0 atom stereocenters. The quantitative estimate of drug-likeness (QED) is 0.248. The summed E-state index contributed by atoms with van der Waals surface area (Å²) in [5, 5.41) is 0. The van der Waals surface area contributed by atoms with Crippen molar-refractivity contribution in [2.45, 2.75) is 13.1 Å². The molecular weight excluding hydrogens is 284 g/mol. The van der Waals surface area contributed by atoms with Crippen molar-refractivity contribution in [3.05, 3.63) is 0 Å². The van der Waals surface area contributed by atoms with Gasteiger partial charge in [-0.05, 0) is 6.92 Å². The van der Waals surface area contributed by atoms with Crippen LogP contribution in [0.25, 0.3) is 0 Å². The van der Waals surface area contributed by atoms with Crippen LogP contribution in [0.15, 0.2) is 0 Å². The van der Waals surface area contributed by atoms with Gasteiger partial charge in [-0.1, -0.05) is 0 Å². The van der Waals surface area contributed by atoms with Crippen LogP contribution in [0.5, 0.6) is 0 Å². The van der Waals surface area contributed by atoms with E-state index in [9.17, 15) is 0 Å². The fourth-order valence-electron chi connectivity index (χ4n) is 0. The second kappa shape index (κ2) is 14.5. The Morgan fingerprint density at radius 2 is 1.17 bits per heavy atom. The van der Waals surface area contributed by atoms with Gasteiger partial charge in [0.15, 0.2) is 0 Å². The van der Waals surface area contributed by atoms with Crippen LogP contribution in [0, 0.1) is 0 Å². The smallest absolute Gasteiger partial charge is 0.759 e. The molecule has 12 heavy (non-hydrogen) atoms. The zero-order valence-electron chi connectivity index (χ0n) is 6.30. The molecule has 0 aliphatic carbocycles. The predicted octanol–water partition coefficient (Wildman–Crippen LogP) is -1.25. The average Bonchev–Trinajstić information content (AvgIpc) is 1.19. The van der Waals surface area contributed by atoms with Gasteiger partial charge >= 0.3 is 19.5 Å². The van der Waals surface area contributed by atoms with E-state index in [4.69, 9.17) is 29.0 Å². The maximum absolute atomic E-state index is 8.52. The molecule has 0 radical (unpaired) electrons. The molecule has 74 valence electrons. The van der Waals surface area contributed by atoms with Gasteiger partial charge in [-0.15, -0.1) is 24.8 Å². The second-order valence-electron chi connectivity index (χ2n) is 1.27. The molecule has 6 nitrogen and oxygen atoms in total.